The summed E-state index contributed by atoms with van der Waals surface area (Å²) in [6, 6.07) is 8.53. The van der Waals surface area contributed by atoms with E-state index in [0.717, 1.165) is 7.05 Å². The van der Waals surface area contributed by atoms with Crippen molar-refractivity contribution in [2.75, 3.05) is 12.4 Å². The Labute approximate surface area is 222 Å². The van der Waals surface area contributed by atoms with Gasteiger partial charge in [0, 0.05) is 28.7 Å². The van der Waals surface area contributed by atoms with Crippen LogP contribution in [0.25, 0.3) is 0 Å². The number of carbonyl (C=O) groups excluding carboxylic acids is 3. The van der Waals surface area contributed by atoms with Crippen LogP contribution in [-0.2, 0) is 9.59 Å². The van der Waals surface area contributed by atoms with Gasteiger partial charge >= 0.3 is 0 Å². The molecule has 188 valence electrons. The second kappa shape index (κ2) is 10.6. The van der Waals surface area contributed by atoms with E-state index >= 15 is 0 Å². The van der Waals surface area contributed by atoms with E-state index in [0.29, 0.717) is 15.6 Å². The Morgan fingerprint density at radius 2 is 1.60 bits per heavy atom. The van der Waals surface area contributed by atoms with Gasteiger partial charge in [-0.25, -0.2) is 13.2 Å². The Morgan fingerprint density at radius 1 is 1.00 bits per heavy atom. The van der Waals surface area contributed by atoms with Gasteiger partial charge in [0.1, 0.15) is 4.33 Å². The van der Waals surface area contributed by atoms with Gasteiger partial charge in [-0.05, 0) is 42.0 Å². The lowest BCUT2D eigenvalue weighted by atomic mass is 10.1. The quantitative estimate of drug-likeness (QED) is 0.326. The van der Waals surface area contributed by atoms with Gasteiger partial charge in [0.2, 0.25) is 12.1 Å². The lowest BCUT2D eigenvalue weighted by Gasteiger charge is -2.20. The molecule has 0 spiro atoms. The summed E-state index contributed by atoms with van der Waals surface area (Å²) in [6.07, 6.45) is -6.68. The fourth-order valence-corrected chi connectivity index (χ4v) is 4.95. The highest BCUT2D eigenvalue weighted by molar-refractivity contribution is 6.53. The number of amides is 3. The van der Waals surface area contributed by atoms with Gasteiger partial charge in [0.15, 0.2) is 0 Å². The number of benzene rings is 2. The van der Waals surface area contributed by atoms with Crippen LogP contribution in [0.2, 0.25) is 15.1 Å². The van der Waals surface area contributed by atoms with Gasteiger partial charge < -0.3 is 5.32 Å². The first kappa shape index (κ1) is 27.7. The number of alkyl halides is 5. The Kier molecular flexibility index (Phi) is 8.38. The van der Waals surface area contributed by atoms with E-state index in [9.17, 15) is 27.6 Å². The van der Waals surface area contributed by atoms with Crippen LogP contribution >= 0.6 is 58.0 Å². The first-order valence-corrected chi connectivity index (χ1v) is 11.6. The van der Waals surface area contributed by atoms with Crippen molar-refractivity contribution in [2.24, 2.45) is 5.92 Å². The summed E-state index contributed by atoms with van der Waals surface area (Å²) in [4.78, 5) is 37.0. The van der Waals surface area contributed by atoms with Gasteiger partial charge in [-0.15, -0.1) is 23.2 Å². The standard InChI is InChI=1S/C21H15Cl5F3N3O3/c1-32(20(35)16(27)17(28)29)31-18(33)12-7-11(2-3-13(12)24)30-19(34)15-14(21(15,25)26)8-4-9(22)6-10(23)5-8/h2-7,14-17H,1H3,(H,30,34)(H,31,33). The maximum atomic E-state index is 13.2. The van der Waals surface area contributed by atoms with Gasteiger partial charge in [0.05, 0.1) is 16.5 Å². The average molecular weight is 592 g/mol. The highest BCUT2D eigenvalue weighted by Crippen LogP contribution is 2.65. The third kappa shape index (κ3) is 6.09. The van der Waals surface area contributed by atoms with Crippen LogP contribution in [0.3, 0.4) is 0 Å². The number of anilines is 1. The van der Waals surface area contributed by atoms with Crippen LogP contribution in [-0.4, -0.2) is 46.7 Å². The Morgan fingerprint density at radius 3 is 2.17 bits per heavy atom. The van der Waals surface area contributed by atoms with Crippen LogP contribution in [0.15, 0.2) is 36.4 Å². The summed E-state index contributed by atoms with van der Waals surface area (Å²) >= 11 is 30.7. The molecule has 0 saturated heterocycles. The molecule has 3 rings (SSSR count). The number of halogens is 8. The predicted molar refractivity (Wildman–Crippen MR) is 128 cm³/mol. The average Bonchev–Trinajstić information content (AvgIpc) is 3.35. The lowest BCUT2D eigenvalue weighted by Crippen LogP contribution is -2.48. The topological polar surface area (TPSA) is 78.5 Å². The van der Waals surface area contributed by atoms with Crippen molar-refractivity contribution in [1.82, 2.24) is 10.4 Å². The number of nitrogens with one attached hydrogen (secondary N) is 2. The molecule has 1 saturated carbocycles. The van der Waals surface area contributed by atoms with E-state index in [1.54, 1.807) is 12.1 Å². The van der Waals surface area contributed by atoms with E-state index < -0.39 is 46.5 Å². The molecule has 6 nitrogen and oxygen atoms in total. The molecule has 2 N–H and O–H groups in total. The number of hydrogen-bond donors (Lipinski definition) is 2. The monoisotopic (exact) mass is 589 g/mol. The number of hydrogen-bond acceptors (Lipinski definition) is 3. The molecule has 35 heavy (non-hydrogen) atoms. The summed E-state index contributed by atoms with van der Waals surface area (Å²) in [7, 11) is 0.893. The van der Waals surface area contributed by atoms with Crippen molar-refractivity contribution in [3.63, 3.8) is 0 Å². The van der Waals surface area contributed by atoms with Crippen molar-refractivity contribution in [3.05, 3.63) is 62.6 Å². The molecular formula is C21H15Cl5F3N3O3. The van der Waals surface area contributed by atoms with Crippen molar-refractivity contribution < 1.29 is 27.6 Å². The molecule has 0 aliphatic heterocycles. The van der Waals surface area contributed by atoms with Crippen molar-refractivity contribution in [3.8, 4) is 0 Å². The highest BCUT2D eigenvalue weighted by Gasteiger charge is 2.67. The lowest BCUT2D eigenvalue weighted by molar-refractivity contribution is -0.143. The van der Waals surface area contributed by atoms with Crippen LogP contribution in [0.5, 0.6) is 0 Å². The van der Waals surface area contributed by atoms with Crippen LogP contribution in [0.4, 0.5) is 18.9 Å². The third-order valence-electron chi connectivity index (χ3n) is 5.12. The predicted octanol–water partition coefficient (Wildman–Crippen LogP) is 5.88. The first-order valence-electron chi connectivity index (χ1n) is 9.69. The summed E-state index contributed by atoms with van der Waals surface area (Å²) in [5.74, 6) is -4.73. The number of hydrazine groups is 1. The van der Waals surface area contributed by atoms with E-state index in [-0.39, 0.29) is 21.3 Å². The first-order chi connectivity index (χ1) is 16.2. The van der Waals surface area contributed by atoms with Crippen LogP contribution < -0.4 is 10.7 Å². The highest BCUT2D eigenvalue weighted by atomic mass is 35.5. The molecule has 1 fully saturated rings. The molecule has 0 aromatic heterocycles. The normalized spacial score (nSPS) is 19.1. The maximum absolute atomic E-state index is 13.2. The molecule has 1 aliphatic rings. The minimum absolute atomic E-state index is 0.0890. The smallest absolute Gasteiger partial charge is 0.281 e. The fourth-order valence-electron chi connectivity index (χ4n) is 3.38. The zero-order chi connectivity index (χ0) is 26.2. The van der Waals surface area contributed by atoms with Crippen molar-refractivity contribution >= 4 is 81.4 Å². The fraction of sp³-hybridized carbons (Fsp3) is 0.286. The second-order valence-electron chi connectivity index (χ2n) is 7.59. The zero-order valence-corrected chi connectivity index (χ0v) is 21.2. The minimum atomic E-state index is -3.56. The van der Waals surface area contributed by atoms with E-state index in [1.807, 2.05) is 5.43 Å². The molecule has 2 aromatic carbocycles. The van der Waals surface area contributed by atoms with Gasteiger partial charge in [-0.2, -0.15) is 0 Å². The zero-order valence-electron chi connectivity index (χ0n) is 17.5. The number of nitrogens with zero attached hydrogens (tertiary/aromatic N) is 1. The van der Waals surface area contributed by atoms with Crippen molar-refractivity contribution in [2.45, 2.75) is 22.8 Å². The van der Waals surface area contributed by atoms with Crippen LogP contribution in [0, 0.1) is 5.92 Å². The molecule has 14 heteroatoms. The number of carbonyl (C=O) groups is 3. The third-order valence-corrected chi connectivity index (χ3v) is 6.82. The molecule has 0 radical (unpaired) electrons. The molecular weight excluding hydrogens is 577 g/mol. The SMILES string of the molecule is CN(NC(=O)c1cc(NC(=O)C2C(c3cc(Cl)cc(Cl)c3)C2(Cl)Cl)ccc1Cl)C(=O)C(F)C(F)F. The maximum Gasteiger partial charge on any atom is 0.281 e. The van der Waals surface area contributed by atoms with Gasteiger partial charge in [-0.1, -0.05) is 34.8 Å². The molecule has 1 aliphatic carbocycles. The Balaban J connectivity index is 1.73. The van der Waals surface area contributed by atoms with Gasteiger partial charge in [-0.3, -0.25) is 24.8 Å². The summed E-state index contributed by atoms with van der Waals surface area (Å²) < 4.78 is 36.6. The Bertz CT molecular complexity index is 1160. The number of rotatable bonds is 6. The van der Waals surface area contributed by atoms with E-state index in [4.69, 9.17) is 58.0 Å². The summed E-state index contributed by atoms with van der Waals surface area (Å²) in [5, 5.41) is 3.44. The van der Waals surface area contributed by atoms with Crippen LogP contribution in [0.1, 0.15) is 21.8 Å². The molecule has 3 atom stereocenters. The minimum Gasteiger partial charge on any atom is -0.326 e. The molecule has 0 bridgehead atoms. The second-order valence-corrected chi connectivity index (χ2v) is 10.3. The van der Waals surface area contributed by atoms with Gasteiger partial charge in [0.25, 0.3) is 18.2 Å². The largest absolute Gasteiger partial charge is 0.326 e. The van der Waals surface area contributed by atoms with E-state index in [1.165, 1.54) is 24.3 Å². The molecule has 0 heterocycles. The van der Waals surface area contributed by atoms with Crippen molar-refractivity contribution in [1.29, 1.82) is 0 Å². The van der Waals surface area contributed by atoms with E-state index in [2.05, 4.69) is 5.32 Å². The Hall–Kier alpha value is -1.91. The summed E-state index contributed by atoms with van der Waals surface area (Å²) in [5.41, 5.74) is 2.40. The summed E-state index contributed by atoms with van der Waals surface area (Å²) in [6.45, 7) is 0. The molecule has 3 amide bonds. The molecule has 2 aromatic rings. The molecule has 3 unspecified atom stereocenters.